The number of nitrogens with one attached hydrogen (secondary N) is 1. The van der Waals surface area contributed by atoms with Gasteiger partial charge in [-0.25, -0.2) is 4.79 Å². The molecule has 0 saturated carbocycles. The summed E-state index contributed by atoms with van der Waals surface area (Å²) in [5.74, 6) is -0.604. The van der Waals surface area contributed by atoms with Crippen molar-refractivity contribution in [3.05, 3.63) is 70.1 Å². The monoisotopic (exact) mass is 375 g/mol. The predicted octanol–water partition coefficient (Wildman–Crippen LogP) is 3.75. The molecule has 9 heteroatoms. The first-order valence-corrected chi connectivity index (χ1v) is 7.80. The Morgan fingerprint density at radius 1 is 1.12 bits per heavy atom. The minimum atomic E-state index is -1.06. The lowest BCUT2D eigenvalue weighted by Crippen LogP contribution is -2.02. The maximum Gasteiger partial charge on any atom is 0.337 e. The van der Waals surface area contributed by atoms with Crippen LogP contribution in [0.3, 0.4) is 0 Å². The van der Waals surface area contributed by atoms with Crippen molar-refractivity contribution in [2.24, 2.45) is 0 Å². The van der Waals surface area contributed by atoms with Gasteiger partial charge in [0.05, 0.1) is 16.9 Å². The van der Waals surface area contributed by atoms with Gasteiger partial charge in [0.25, 0.3) is 0 Å². The third kappa shape index (κ3) is 3.96. The Balaban J connectivity index is 1.83. The van der Waals surface area contributed by atoms with Crippen LogP contribution in [0.2, 0.25) is 10.0 Å². The lowest BCUT2D eigenvalue weighted by Gasteiger charge is -2.06. The molecule has 0 bridgehead atoms. The van der Waals surface area contributed by atoms with Crippen molar-refractivity contribution < 1.29 is 9.90 Å². The average molecular weight is 376 g/mol. The van der Waals surface area contributed by atoms with Crippen LogP contribution in [0.25, 0.3) is 11.8 Å². The summed E-state index contributed by atoms with van der Waals surface area (Å²) < 4.78 is 1.52. The Morgan fingerprint density at radius 3 is 2.56 bits per heavy atom. The van der Waals surface area contributed by atoms with Crippen LogP contribution < -0.4 is 5.32 Å². The third-order valence-corrected chi connectivity index (χ3v) is 3.74. The van der Waals surface area contributed by atoms with Crippen LogP contribution in [0.4, 0.5) is 5.69 Å². The molecule has 0 amide bonds. The van der Waals surface area contributed by atoms with Crippen molar-refractivity contribution in [2.75, 3.05) is 5.32 Å². The molecule has 3 aromatic rings. The summed E-state index contributed by atoms with van der Waals surface area (Å²) in [5, 5.41) is 24.6. The largest absolute Gasteiger partial charge is 0.478 e. The van der Waals surface area contributed by atoms with Gasteiger partial charge in [-0.3, -0.25) is 0 Å². The molecule has 2 aromatic carbocycles. The number of hydrogen-bond acceptors (Lipinski definition) is 5. The summed E-state index contributed by atoms with van der Waals surface area (Å²) in [6, 6.07) is 11.5. The Bertz CT molecular complexity index is 938. The zero-order valence-corrected chi connectivity index (χ0v) is 14.1. The molecular formula is C16H11Cl2N5O2. The number of tetrazole rings is 1. The highest BCUT2D eigenvalue weighted by molar-refractivity contribution is 6.31. The van der Waals surface area contributed by atoms with Gasteiger partial charge in [-0.1, -0.05) is 23.2 Å². The van der Waals surface area contributed by atoms with E-state index in [0.29, 0.717) is 21.6 Å². The summed E-state index contributed by atoms with van der Waals surface area (Å²) in [5.41, 5.74) is 1.20. The summed E-state index contributed by atoms with van der Waals surface area (Å²) in [6.45, 7) is 0. The number of carboxylic acid groups (broad SMARTS) is 1. The number of nitrogens with zero attached hydrogens (tertiary/aromatic N) is 4. The SMILES string of the molecule is O=C(O)c1ccc(Cl)cc1N/C=C/c1nnnn1-c1ccc(Cl)cc1. The summed E-state index contributed by atoms with van der Waals surface area (Å²) >= 11 is 11.8. The number of benzene rings is 2. The van der Waals surface area contributed by atoms with Gasteiger partial charge in [0, 0.05) is 22.3 Å². The van der Waals surface area contributed by atoms with Gasteiger partial charge in [-0.05, 0) is 52.9 Å². The lowest BCUT2D eigenvalue weighted by molar-refractivity contribution is 0.0698. The topological polar surface area (TPSA) is 92.9 Å². The number of hydrogen-bond donors (Lipinski definition) is 2. The molecule has 126 valence electrons. The minimum Gasteiger partial charge on any atom is -0.478 e. The number of aromatic nitrogens is 4. The van der Waals surface area contributed by atoms with Gasteiger partial charge in [0.15, 0.2) is 5.82 Å². The number of carboxylic acids is 1. The van der Waals surface area contributed by atoms with Crippen LogP contribution in [-0.2, 0) is 0 Å². The van der Waals surface area contributed by atoms with Gasteiger partial charge in [-0.15, -0.1) is 5.10 Å². The smallest absolute Gasteiger partial charge is 0.337 e. The standard InChI is InChI=1S/C16H11Cl2N5O2/c17-10-1-4-12(5-2-10)23-15(20-21-22-23)7-8-19-14-9-11(18)3-6-13(14)16(24)25/h1-9,19H,(H,24,25)/b8-7+. The molecule has 0 unspecified atom stereocenters. The van der Waals surface area contributed by atoms with Crippen molar-refractivity contribution in [3.8, 4) is 5.69 Å². The fraction of sp³-hybridized carbons (Fsp3) is 0. The van der Waals surface area contributed by atoms with E-state index in [-0.39, 0.29) is 5.56 Å². The fourth-order valence-electron chi connectivity index (χ4n) is 2.09. The molecule has 0 aliphatic rings. The summed E-state index contributed by atoms with van der Waals surface area (Å²) in [6.07, 6.45) is 3.15. The highest BCUT2D eigenvalue weighted by atomic mass is 35.5. The molecule has 1 heterocycles. The Kier molecular flexibility index (Phi) is 4.97. The van der Waals surface area contributed by atoms with Gasteiger partial charge in [0.1, 0.15) is 0 Å². The molecule has 25 heavy (non-hydrogen) atoms. The quantitative estimate of drug-likeness (QED) is 0.705. The van der Waals surface area contributed by atoms with Gasteiger partial charge < -0.3 is 10.4 Å². The van der Waals surface area contributed by atoms with E-state index in [9.17, 15) is 9.90 Å². The maximum absolute atomic E-state index is 11.2. The van der Waals surface area contributed by atoms with Crippen molar-refractivity contribution in [3.63, 3.8) is 0 Å². The Hall–Kier alpha value is -2.90. The zero-order chi connectivity index (χ0) is 17.8. The first-order chi connectivity index (χ1) is 12.0. The van der Waals surface area contributed by atoms with E-state index in [1.807, 2.05) is 0 Å². The fourth-order valence-corrected chi connectivity index (χ4v) is 2.39. The third-order valence-electron chi connectivity index (χ3n) is 3.25. The van der Waals surface area contributed by atoms with Crippen molar-refractivity contribution in [1.29, 1.82) is 0 Å². The zero-order valence-electron chi connectivity index (χ0n) is 12.6. The second-order valence-corrected chi connectivity index (χ2v) is 5.77. The second kappa shape index (κ2) is 7.33. The normalized spacial score (nSPS) is 11.0. The lowest BCUT2D eigenvalue weighted by atomic mass is 10.2. The summed E-state index contributed by atoms with van der Waals surface area (Å²) in [4.78, 5) is 11.2. The molecular weight excluding hydrogens is 365 g/mol. The molecule has 0 radical (unpaired) electrons. The molecule has 1 aromatic heterocycles. The van der Waals surface area contributed by atoms with Gasteiger partial charge in [-0.2, -0.15) is 4.68 Å². The van der Waals surface area contributed by atoms with Gasteiger partial charge >= 0.3 is 5.97 Å². The number of halogens is 2. The number of anilines is 1. The number of rotatable bonds is 5. The molecule has 0 saturated heterocycles. The van der Waals surface area contributed by atoms with Crippen LogP contribution in [0.15, 0.2) is 48.7 Å². The molecule has 2 N–H and O–H groups in total. The highest BCUT2D eigenvalue weighted by Crippen LogP contribution is 2.21. The summed E-state index contributed by atoms with van der Waals surface area (Å²) in [7, 11) is 0. The van der Waals surface area contributed by atoms with E-state index < -0.39 is 5.97 Å². The van der Waals surface area contributed by atoms with Crippen LogP contribution in [0, 0.1) is 0 Å². The van der Waals surface area contributed by atoms with E-state index >= 15 is 0 Å². The molecule has 0 aliphatic carbocycles. The van der Waals surface area contributed by atoms with Crippen molar-refractivity contribution >= 4 is 40.9 Å². The first-order valence-electron chi connectivity index (χ1n) is 7.05. The molecule has 3 rings (SSSR count). The number of aromatic carboxylic acids is 1. The maximum atomic E-state index is 11.2. The molecule has 0 fully saturated rings. The van der Waals surface area contributed by atoms with Crippen molar-refractivity contribution in [1.82, 2.24) is 20.2 Å². The Morgan fingerprint density at radius 2 is 1.84 bits per heavy atom. The predicted molar refractivity (Wildman–Crippen MR) is 95.2 cm³/mol. The average Bonchev–Trinajstić information content (AvgIpc) is 3.04. The van der Waals surface area contributed by atoms with E-state index in [1.54, 1.807) is 30.3 Å². The van der Waals surface area contributed by atoms with Crippen LogP contribution in [0.5, 0.6) is 0 Å². The van der Waals surface area contributed by atoms with Crippen molar-refractivity contribution in [2.45, 2.75) is 0 Å². The van der Waals surface area contributed by atoms with Crippen LogP contribution in [0.1, 0.15) is 16.2 Å². The number of carbonyl (C=O) groups is 1. The van der Waals surface area contributed by atoms with Gasteiger partial charge in [0.2, 0.25) is 0 Å². The molecule has 0 atom stereocenters. The van der Waals surface area contributed by atoms with E-state index in [4.69, 9.17) is 23.2 Å². The minimum absolute atomic E-state index is 0.103. The van der Waals surface area contributed by atoms with Crippen LogP contribution in [-0.4, -0.2) is 31.3 Å². The highest BCUT2D eigenvalue weighted by Gasteiger charge is 2.10. The molecule has 0 aliphatic heterocycles. The molecule has 7 nitrogen and oxygen atoms in total. The van der Waals surface area contributed by atoms with E-state index in [1.165, 1.54) is 29.1 Å². The second-order valence-electron chi connectivity index (χ2n) is 4.90. The Labute approximate surface area is 152 Å². The van der Waals surface area contributed by atoms with E-state index in [2.05, 4.69) is 20.8 Å². The first kappa shape index (κ1) is 16.9. The van der Waals surface area contributed by atoms with Crippen LogP contribution >= 0.6 is 23.2 Å². The molecule has 0 spiro atoms. The van der Waals surface area contributed by atoms with E-state index in [0.717, 1.165) is 5.69 Å².